The molecule has 0 aromatic rings. The van der Waals surface area contributed by atoms with Gasteiger partial charge in [0.2, 0.25) is 5.91 Å². The molecule has 0 bridgehead atoms. The highest BCUT2D eigenvalue weighted by Crippen LogP contribution is 2.07. The Bertz CT molecular complexity index is 212. The quantitative estimate of drug-likeness (QED) is 0.757. The predicted molar refractivity (Wildman–Crippen MR) is 66.2 cm³/mol. The molecule has 4 nitrogen and oxygen atoms in total. The molecule has 1 aliphatic rings. The Labute approximate surface area is 99.0 Å². The van der Waals surface area contributed by atoms with Gasteiger partial charge in [-0.2, -0.15) is 0 Å². The van der Waals surface area contributed by atoms with Crippen molar-refractivity contribution in [3.8, 4) is 0 Å². The van der Waals surface area contributed by atoms with Crippen LogP contribution in [0.15, 0.2) is 0 Å². The van der Waals surface area contributed by atoms with Crippen LogP contribution in [0.5, 0.6) is 0 Å². The van der Waals surface area contributed by atoms with Crippen molar-refractivity contribution in [2.24, 2.45) is 0 Å². The summed E-state index contributed by atoms with van der Waals surface area (Å²) in [4.78, 5) is 16.0. The molecule has 4 heteroatoms. The van der Waals surface area contributed by atoms with E-state index in [4.69, 9.17) is 0 Å². The summed E-state index contributed by atoms with van der Waals surface area (Å²) in [6.45, 7) is 11.5. The first-order chi connectivity index (χ1) is 7.67. The van der Waals surface area contributed by atoms with E-state index >= 15 is 0 Å². The molecule has 94 valence electrons. The Balaban J connectivity index is 2.35. The Morgan fingerprint density at radius 3 is 2.31 bits per heavy atom. The monoisotopic (exact) mass is 227 g/mol. The minimum Gasteiger partial charge on any atom is -0.341 e. The summed E-state index contributed by atoms with van der Waals surface area (Å²) in [6.07, 6.45) is 2.43. The molecular formula is C12H25N3O. The zero-order chi connectivity index (χ0) is 12.0. The van der Waals surface area contributed by atoms with Crippen LogP contribution in [0.2, 0.25) is 0 Å². The first-order valence-electron chi connectivity index (χ1n) is 6.40. The summed E-state index contributed by atoms with van der Waals surface area (Å²) in [5.74, 6) is 0.0721. The summed E-state index contributed by atoms with van der Waals surface area (Å²) in [5, 5.41) is 3.01. The summed E-state index contributed by atoms with van der Waals surface area (Å²) in [7, 11) is 0. The van der Waals surface area contributed by atoms with Crippen LogP contribution >= 0.6 is 0 Å². The second kappa shape index (κ2) is 6.86. The van der Waals surface area contributed by atoms with Crippen molar-refractivity contribution in [2.45, 2.75) is 39.8 Å². The summed E-state index contributed by atoms with van der Waals surface area (Å²) >= 11 is 0. The van der Waals surface area contributed by atoms with Crippen LogP contribution < -0.4 is 5.32 Å². The molecule has 0 aromatic carbocycles. The van der Waals surface area contributed by atoms with Crippen LogP contribution in [0.1, 0.15) is 33.6 Å². The minimum absolute atomic E-state index is 0.0721. The lowest BCUT2D eigenvalue weighted by Crippen LogP contribution is -2.55. The fourth-order valence-corrected chi connectivity index (χ4v) is 2.30. The Morgan fingerprint density at radius 2 is 1.88 bits per heavy atom. The average Bonchev–Trinajstić information content (AvgIpc) is 2.27. The predicted octanol–water partition coefficient (Wildman–Crippen LogP) is 0.886. The summed E-state index contributed by atoms with van der Waals surface area (Å²) in [6, 6.07) is 0. The Kier molecular flexibility index (Phi) is 5.77. The van der Waals surface area contributed by atoms with Crippen molar-refractivity contribution in [3.63, 3.8) is 0 Å². The first kappa shape index (κ1) is 13.5. The van der Waals surface area contributed by atoms with Crippen LogP contribution in [0, 0.1) is 0 Å². The number of nitrogens with zero attached hydrogens (tertiary/aromatic N) is 2. The average molecular weight is 227 g/mol. The van der Waals surface area contributed by atoms with Crippen LogP contribution in [-0.4, -0.2) is 54.6 Å². The molecule has 16 heavy (non-hydrogen) atoms. The summed E-state index contributed by atoms with van der Waals surface area (Å²) in [5.41, 5.74) is 0. The van der Waals surface area contributed by atoms with Crippen molar-refractivity contribution in [1.29, 1.82) is 0 Å². The normalized spacial score (nSPS) is 20.7. The standard InChI is InChI=1S/C12H25N3O/c1-4-6-14-7-9-15(10-8-14)12(5-2)13-11(3)16/h12H,4-10H2,1-3H3,(H,13,16). The number of nitrogens with one attached hydrogen (secondary N) is 1. The van der Waals surface area contributed by atoms with E-state index in [9.17, 15) is 4.79 Å². The molecule has 1 saturated heterocycles. The van der Waals surface area contributed by atoms with Gasteiger partial charge in [-0.25, -0.2) is 0 Å². The molecule has 0 saturated carbocycles. The highest BCUT2D eigenvalue weighted by Gasteiger charge is 2.22. The fraction of sp³-hybridized carbons (Fsp3) is 0.917. The maximum Gasteiger partial charge on any atom is 0.218 e. The minimum atomic E-state index is 0.0721. The number of carbonyl (C=O) groups excluding carboxylic acids is 1. The van der Waals surface area contributed by atoms with Gasteiger partial charge in [-0.1, -0.05) is 13.8 Å². The lowest BCUT2D eigenvalue weighted by Gasteiger charge is -2.39. The van der Waals surface area contributed by atoms with Crippen molar-refractivity contribution < 1.29 is 4.79 Å². The number of rotatable bonds is 5. The van der Waals surface area contributed by atoms with Crippen molar-refractivity contribution in [3.05, 3.63) is 0 Å². The molecule has 1 unspecified atom stereocenters. The third kappa shape index (κ3) is 4.10. The third-order valence-electron chi connectivity index (χ3n) is 3.14. The SMILES string of the molecule is CCCN1CCN(C(CC)NC(C)=O)CC1. The maximum absolute atomic E-state index is 11.1. The number of carbonyl (C=O) groups is 1. The maximum atomic E-state index is 11.1. The van der Waals surface area contributed by atoms with E-state index in [0.29, 0.717) is 0 Å². The van der Waals surface area contributed by atoms with Crippen molar-refractivity contribution in [1.82, 2.24) is 15.1 Å². The van der Waals surface area contributed by atoms with E-state index < -0.39 is 0 Å². The van der Waals surface area contributed by atoms with Crippen molar-refractivity contribution >= 4 is 5.91 Å². The molecule has 1 heterocycles. The number of hydrogen-bond acceptors (Lipinski definition) is 3. The van der Waals surface area contributed by atoms with Gasteiger partial charge in [-0.05, 0) is 19.4 Å². The van der Waals surface area contributed by atoms with Gasteiger partial charge >= 0.3 is 0 Å². The largest absolute Gasteiger partial charge is 0.341 e. The smallest absolute Gasteiger partial charge is 0.218 e. The van der Waals surface area contributed by atoms with Gasteiger partial charge < -0.3 is 10.2 Å². The van der Waals surface area contributed by atoms with E-state index in [1.54, 1.807) is 6.92 Å². The third-order valence-corrected chi connectivity index (χ3v) is 3.14. The van der Waals surface area contributed by atoms with Gasteiger partial charge in [-0.3, -0.25) is 9.69 Å². The molecule has 1 atom stereocenters. The molecule has 1 rings (SSSR count). The van der Waals surface area contributed by atoms with Gasteiger partial charge in [0.25, 0.3) is 0 Å². The molecule has 0 spiro atoms. The van der Waals surface area contributed by atoms with Gasteiger partial charge in [0, 0.05) is 33.1 Å². The summed E-state index contributed by atoms with van der Waals surface area (Å²) < 4.78 is 0. The second-order valence-electron chi connectivity index (χ2n) is 4.50. The Morgan fingerprint density at radius 1 is 1.25 bits per heavy atom. The van der Waals surface area contributed by atoms with Crippen molar-refractivity contribution in [2.75, 3.05) is 32.7 Å². The Hall–Kier alpha value is -0.610. The van der Waals surface area contributed by atoms with Gasteiger partial charge in [0.1, 0.15) is 0 Å². The second-order valence-corrected chi connectivity index (χ2v) is 4.50. The number of piperazine rings is 1. The van der Waals surface area contributed by atoms with E-state index in [-0.39, 0.29) is 12.1 Å². The molecule has 0 aliphatic carbocycles. The van der Waals surface area contributed by atoms with E-state index in [1.165, 1.54) is 13.0 Å². The molecule has 1 fully saturated rings. The topological polar surface area (TPSA) is 35.6 Å². The number of hydrogen-bond donors (Lipinski definition) is 1. The van der Waals surface area contributed by atoms with Gasteiger partial charge in [0.15, 0.2) is 0 Å². The molecule has 1 aliphatic heterocycles. The zero-order valence-electron chi connectivity index (χ0n) is 10.8. The highest BCUT2D eigenvalue weighted by molar-refractivity contribution is 5.73. The lowest BCUT2D eigenvalue weighted by molar-refractivity contribution is -0.121. The van der Waals surface area contributed by atoms with Crippen LogP contribution in [0.4, 0.5) is 0 Å². The van der Waals surface area contributed by atoms with Gasteiger partial charge in [0.05, 0.1) is 6.17 Å². The van der Waals surface area contributed by atoms with Crippen LogP contribution in [0.25, 0.3) is 0 Å². The zero-order valence-corrected chi connectivity index (χ0v) is 10.8. The molecule has 0 radical (unpaired) electrons. The highest BCUT2D eigenvalue weighted by atomic mass is 16.1. The lowest BCUT2D eigenvalue weighted by atomic mass is 10.2. The molecule has 1 amide bonds. The fourth-order valence-electron chi connectivity index (χ4n) is 2.30. The first-order valence-corrected chi connectivity index (χ1v) is 6.40. The van der Waals surface area contributed by atoms with E-state index in [1.807, 2.05) is 0 Å². The van der Waals surface area contributed by atoms with Crippen LogP contribution in [0.3, 0.4) is 0 Å². The van der Waals surface area contributed by atoms with E-state index in [0.717, 1.165) is 32.6 Å². The molecule has 0 aromatic heterocycles. The molecule has 1 N–H and O–H groups in total. The van der Waals surface area contributed by atoms with Crippen LogP contribution in [-0.2, 0) is 4.79 Å². The molecular weight excluding hydrogens is 202 g/mol. The number of amides is 1. The van der Waals surface area contributed by atoms with E-state index in [2.05, 4.69) is 29.0 Å². The van der Waals surface area contributed by atoms with Gasteiger partial charge in [-0.15, -0.1) is 0 Å².